The van der Waals surface area contributed by atoms with E-state index in [-0.39, 0.29) is 17.4 Å². The molecule has 1 aliphatic carbocycles. The molecule has 0 amide bonds. The molecule has 0 radical (unpaired) electrons. The Labute approximate surface area is 191 Å². The van der Waals surface area contributed by atoms with Crippen LogP contribution in [0.4, 0.5) is 0 Å². The molecule has 164 valence electrons. The van der Waals surface area contributed by atoms with E-state index in [0.717, 1.165) is 26.3 Å². The van der Waals surface area contributed by atoms with Gasteiger partial charge in [-0.25, -0.2) is 0 Å². The summed E-state index contributed by atoms with van der Waals surface area (Å²) in [7, 11) is 3.60. The third-order valence-corrected chi connectivity index (χ3v) is 5.38. The van der Waals surface area contributed by atoms with Crippen LogP contribution in [-0.2, 0) is 40.8 Å². The first-order chi connectivity index (χ1) is 14.4. The van der Waals surface area contributed by atoms with Crippen molar-refractivity contribution in [1.82, 2.24) is 9.80 Å². The Morgan fingerprint density at radius 2 is 1.20 bits per heavy atom. The molecule has 1 aromatic rings. The van der Waals surface area contributed by atoms with Gasteiger partial charge in [0.25, 0.3) is 0 Å². The molecule has 1 saturated carbocycles. The van der Waals surface area contributed by atoms with Gasteiger partial charge in [0.05, 0.1) is 19.4 Å². The molecule has 3 rings (SSSR count). The molecular formula is C22H30CrN2O5. The SMILES string of the molecule is COCCN1C(c2ccccc2)N(CCOC)[C@@H]2CCCC[C@H]21.[C-]#[O+].[C-]#[O+].[C-]#[O+].[Cr]. The van der Waals surface area contributed by atoms with Gasteiger partial charge < -0.3 is 9.47 Å². The van der Waals surface area contributed by atoms with Crippen LogP contribution in [0.2, 0.25) is 0 Å². The van der Waals surface area contributed by atoms with Crippen molar-refractivity contribution in [2.75, 3.05) is 40.5 Å². The molecule has 1 aromatic carbocycles. The molecule has 7 nitrogen and oxygen atoms in total. The Morgan fingerprint density at radius 1 is 0.800 bits per heavy atom. The molecule has 1 heterocycles. The summed E-state index contributed by atoms with van der Waals surface area (Å²) in [6.45, 7) is 17.1. The summed E-state index contributed by atoms with van der Waals surface area (Å²) in [6.07, 6.45) is 5.67. The number of hydrogen-bond acceptors (Lipinski definition) is 4. The van der Waals surface area contributed by atoms with Gasteiger partial charge in [0.1, 0.15) is 0 Å². The predicted octanol–water partition coefficient (Wildman–Crippen LogP) is 2.79. The number of ether oxygens (including phenoxy) is 2. The summed E-state index contributed by atoms with van der Waals surface area (Å²) in [5, 5.41) is 0. The average Bonchev–Trinajstić information content (AvgIpc) is 3.14. The molecule has 1 saturated heterocycles. The summed E-state index contributed by atoms with van der Waals surface area (Å²) in [6, 6.07) is 12.2. The smallest absolute Gasteiger partial charge is 0 e. The van der Waals surface area contributed by atoms with Gasteiger partial charge in [-0.2, -0.15) is 0 Å². The van der Waals surface area contributed by atoms with E-state index in [2.05, 4.69) is 60.1 Å². The van der Waals surface area contributed by atoms with Crippen molar-refractivity contribution in [3.63, 3.8) is 0 Å². The van der Waals surface area contributed by atoms with E-state index in [4.69, 9.17) is 23.4 Å². The number of methoxy groups -OCH3 is 2. The first-order valence-corrected chi connectivity index (χ1v) is 9.52. The third-order valence-electron chi connectivity index (χ3n) is 5.38. The molecule has 2 fully saturated rings. The van der Waals surface area contributed by atoms with E-state index in [1.807, 2.05) is 0 Å². The molecule has 0 bridgehead atoms. The van der Waals surface area contributed by atoms with E-state index in [1.54, 1.807) is 14.2 Å². The zero-order valence-electron chi connectivity index (χ0n) is 17.6. The van der Waals surface area contributed by atoms with Crippen molar-refractivity contribution < 1.29 is 40.8 Å². The van der Waals surface area contributed by atoms with Crippen LogP contribution in [0.15, 0.2) is 30.3 Å². The van der Waals surface area contributed by atoms with E-state index in [1.165, 1.54) is 31.2 Å². The van der Waals surface area contributed by atoms with Crippen LogP contribution < -0.4 is 0 Å². The zero-order valence-corrected chi connectivity index (χ0v) is 18.9. The van der Waals surface area contributed by atoms with Crippen molar-refractivity contribution in [3.8, 4) is 0 Å². The maximum absolute atomic E-state index is 7.50. The van der Waals surface area contributed by atoms with Crippen molar-refractivity contribution in [3.05, 3.63) is 55.8 Å². The first-order valence-electron chi connectivity index (χ1n) is 9.52. The molecule has 2 aliphatic rings. The molecule has 30 heavy (non-hydrogen) atoms. The maximum Gasteiger partial charge on any atom is 0 e. The second-order valence-corrected chi connectivity index (χ2v) is 6.66. The molecule has 0 N–H and O–H groups in total. The fourth-order valence-corrected chi connectivity index (χ4v) is 4.40. The number of nitrogens with zero attached hydrogens (tertiary/aromatic N) is 2. The van der Waals surface area contributed by atoms with Gasteiger partial charge in [0.2, 0.25) is 0 Å². The van der Waals surface area contributed by atoms with Gasteiger partial charge >= 0.3 is 33.9 Å². The fourth-order valence-electron chi connectivity index (χ4n) is 4.40. The van der Waals surface area contributed by atoms with Crippen LogP contribution in [0.1, 0.15) is 37.4 Å². The molecule has 8 heteroatoms. The third kappa shape index (κ3) is 8.51. The van der Waals surface area contributed by atoms with Crippen molar-refractivity contribution >= 4 is 0 Å². The van der Waals surface area contributed by atoms with Gasteiger partial charge in [-0.15, -0.1) is 0 Å². The second kappa shape index (κ2) is 19.8. The minimum Gasteiger partial charge on any atom is 0 e. The van der Waals surface area contributed by atoms with Crippen LogP contribution in [-0.4, -0.2) is 62.4 Å². The Morgan fingerprint density at radius 3 is 1.57 bits per heavy atom. The molecular weight excluding hydrogens is 424 g/mol. The quantitative estimate of drug-likeness (QED) is 0.469. The molecule has 0 aromatic heterocycles. The van der Waals surface area contributed by atoms with Crippen molar-refractivity contribution in [2.24, 2.45) is 0 Å². The van der Waals surface area contributed by atoms with Crippen LogP contribution in [0, 0.1) is 20.0 Å². The molecule has 0 unspecified atom stereocenters. The van der Waals surface area contributed by atoms with Crippen LogP contribution in [0.25, 0.3) is 0 Å². The average molecular weight is 454 g/mol. The summed E-state index contributed by atoms with van der Waals surface area (Å²) >= 11 is 0. The number of rotatable bonds is 7. The minimum atomic E-state index is 0. The van der Waals surface area contributed by atoms with E-state index in [9.17, 15) is 0 Å². The standard InChI is InChI=1S/C19H30N2O2.3CO.Cr/c1-22-14-12-20-17-10-6-7-11-18(17)21(13-15-23-2)19(20)16-8-4-3-5-9-16;3*1-2;/h3-5,8-9,17-19H,6-7,10-15H2,1-2H3;;;;/t17-,18-;;;;/m1..../s1. The molecule has 0 spiro atoms. The summed E-state index contributed by atoms with van der Waals surface area (Å²) in [5.74, 6) is 0. The predicted molar refractivity (Wildman–Crippen MR) is 104 cm³/mol. The van der Waals surface area contributed by atoms with Crippen molar-refractivity contribution in [2.45, 2.75) is 43.9 Å². The summed E-state index contributed by atoms with van der Waals surface area (Å²) in [5.41, 5.74) is 1.40. The van der Waals surface area contributed by atoms with Gasteiger partial charge in [-0.3, -0.25) is 9.80 Å². The fraction of sp³-hybridized carbons (Fsp3) is 0.591. The van der Waals surface area contributed by atoms with E-state index in [0.29, 0.717) is 18.2 Å². The summed E-state index contributed by atoms with van der Waals surface area (Å²) in [4.78, 5) is 5.36. The van der Waals surface area contributed by atoms with Crippen LogP contribution in [0.5, 0.6) is 0 Å². The Hall–Kier alpha value is -1.19. The monoisotopic (exact) mass is 454 g/mol. The van der Waals surface area contributed by atoms with Crippen molar-refractivity contribution in [1.29, 1.82) is 0 Å². The minimum absolute atomic E-state index is 0. The van der Waals surface area contributed by atoms with Gasteiger partial charge in [0.15, 0.2) is 0 Å². The Bertz CT molecular complexity index is 558. The number of fused-ring (bicyclic) bond motifs is 1. The van der Waals surface area contributed by atoms with Gasteiger partial charge in [-0.1, -0.05) is 43.2 Å². The first kappa shape index (κ1) is 31.0. The number of benzene rings is 1. The zero-order chi connectivity index (χ0) is 22.1. The Kier molecular flexibility index (Phi) is 20.4. The topological polar surface area (TPSA) is 84.6 Å². The normalized spacial score (nSPS) is 20.5. The van der Waals surface area contributed by atoms with Crippen LogP contribution >= 0.6 is 0 Å². The maximum atomic E-state index is 7.50. The van der Waals surface area contributed by atoms with E-state index >= 15 is 0 Å². The number of hydrogen-bond donors (Lipinski definition) is 0. The van der Waals surface area contributed by atoms with Gasteiger partial charge in [0, 0.05) is 56.8 Å². The van der Waals surface area contributed by atoms with Crippen LogP contribution in [0.3, 0.4) is 0 Å². The van der Waals surface area contributed by atoms with Gasteiger partial charge in [-0.05, 0) is 18.4 Å². The molecule has 2 atom stereocenters. The molecule has 1 aliphatic heterocycles. The summed E-state index contributed by atoms with van der Waals surface area (Å²) < 4.78 is 33.3. The van der Waals surface area contributed by atoms with E-state index < -0.39 is 0 Å². The Balaban J connectivity index is 0. The second-order valence-electron chi connectivity index (χ2n) is 6.66. The largest absolute Gasteiger partial charge is 0 e.